The number of nitrogens with one attached hydrogen (secondary N) is 2. The van der Waals surface area contributed by atoms with E-state index in [0.717, 1.165) is 12.8 Å². The van der Waals surface area contributed by atoms with Gasteiger partial charge in [-0.05, 0) is 31.0 Å². The number of carbonyl (C=O) groups excluding carboxylic acids is 2. The number of benzene rings is 1. The Morgan fingerprint density at radius 2 is 2.11 bits per heavy atom. The molecular weight excluding hydrogens is 362 g/mol. The zero-order chi connectivity index (χ0) is 19.7. The Kier molecular flexibility index (Phi) is 4.56. The van der Waals surface area contributed by atoms with Gasteiger partial charge < -0.3 is 15.0 Å². The van der Waals surface area contributed by atoms with Gasteiger partial charge in [-0.15, -0.1) is 0 Å². The van der Waals surface area contributed by atoms with Crippen LogP contribution in [0.3, 0.4) is 0 Å². The van der Waals surface area contributed by atoms with Crippen molar-refractivity contribution in [2.75, 3.05) is 23.9 Å². The van der Waals surface area contributed by atoms with Crippen molar-refractivity contribution in [2.24, 2.45) is 0 Å². The summed E-state index contributed by atoms with van der Waals surface area (Å²) in [6, 6.07) is 6.43. The number of aromatic amines is 1. The van der Waals surface area contributed by atoms with E-state index in [0.29, 0.717) is 30.1 Å². The standard InChI is InChI=1S/C19H19N5O4/c1-28-15-6-5-12(10-14(15)23-9-3-2-4-16(23)25)22-19(27)13-11-21-24-17(26)7-8-20-18(13)24/h5-8,10-11,21H,2-4,9H2,1H3,(H,22,27). The average molecular weight is 381 g/mol. The molecular formula is C19H19N5O4. The van der Waals surface area contributed by atoms with E-state index in [1.54, 1.807) is 30.2 Å². The Bertz CT molecular complexity index is 1120. The SMILES string of the molecule is COc1ccc(NC(=O)c2c[nH]n3c(=O)ccnc23)cc1N1CCCCC1=O. The van der Waals surface area contributed by atoms with Gasteiger partial charge in [-0.25, -0.2) is 9.50 Å². The van der Waals surface area contributed by atoms with Gasteiger partial charge >= 0.3 is 0 Å². The number of nitrogens with zero attached hydrogens (tertiary/aromatic N) is 3. The van der Waals surface area contributed by atoms with E-state index < -0.39 is 5.91 Å². The number of methoxy groups -OCH3 is 1. The van der Waals surface area contributed by atoms with Gasteiger partial charge in [-0.3, -0.25) is 19.5 Å². The molecule has 0 unspecified atom stereocenters. The second kappa shape index (κ2) is 7.18. The number of ether oxygens (including phenoxy) is 1. The molecule has 1 aromatic carbocycles. The van der Waals surface area contributed by atoms with Gasteiger partial charge in [0.2, 0.25) is 5.91 Å². The summed E-state index contributed by atoms with van der Waals surface area (Å²) in [6.07, 6.45) is 5.07. The molecule has 9 heteroatoms. The van der Waals surface area contributed by atoms with Crippen LogP contribution in [-0.4, -0.2) is 40.1 Å². The van der Waals surface area contributed by atoms with Crippen molar-refractivity contribution in [3.8, 4) is 5.75 Å². The van der Waals surface area contributed by atoms with Gasteiger partial charge in [0.1, 0.15) is 11.3 Å². The van der Waals surface area contributed by atoms with E-state index in [-0.39, 0.29) is 22.7 Å². The van der Waals surface area contributed by atoms with Crippen molar-refractivity contribution >= 4 is 28.8 Å². The predicted molar refractivity (Wildman–Crippen MR) is 103 cm³/mol. The maximum atomic E-state index is 12.7. The molecule has 0 spiro atoms. The highest BCUT2D eigenvalue weighted by molar-refractivity contribution is 6.08. The summed E-state index contributed by atoms with van der Waals surface area (Å²) in [7, 11) is 1.54. The number of rotatable bonds is 4. The summed E-state index contributed by atoms with van der Waals surface area (Å²) in [6.45, 7) is 0.613. The summed E-state index contributed by atoms with van der Waals surface area (Å²) in [4.78, 5) is 42.6. The molecule has 2 aromatic heterocycles. The van der Waals surface area contributed by atoms with Gasteiger partial charge in [0.05, 0.1) is 12.8 Å². The summed E-state index contributed by atoms with van der Waals surface area (Å²) < 4.78 is 6.59. The Morgan fingerprint density at radius 3 is 2.89 bits per heavy atom. The lowest BCUT2D eigenvalue weighted by molar-refractivity contribution is -0.119. The molecule has 1 aliphatic rings. The number of H-pyrrole nitrogens is 1. The Labute approximate surface area is 159 Å². The average Bonchev–Trinajstić information content (AvgIpc) is 3.14. The van der Waals surface area contributed by atoms with Crippen molar-refractivity contribution in [1.29, 1.82) is 0 Å². The van der Waals surface area contributed by atoms with Gasteiger partial charge in [0.15, 0.2) is 5.65 Å². The first-order valence-corrected chi connectivity index (χ1v) is 8.93. The summed E-state index contributed by atoms with van der Waals surface area (Å²) in [5.74, 6) is 0.180. The maximum absolute atomic E-state index is 12.7. The first kappa shape index (κ1) is 17.8. The van der Waals surface area contributed by atoms with Crippen molar-refractivity contribution < 1.29 is 14.3 Å². The number of aromatic nitrogens is 3. The van der Waals surface area contributed by atoms with Gasteiger partial charge in [0, 0.05) is 37.1 Å². The highest BCUT2D eigenvalue weighted by Gasteiger charge is 2.23. The smallest absolute Gasteiger partial charge is 0.272 e. The monoisotopic (exact) mass is 381 g/mol. The highest BCUT2D eigenvalue weighted by atomic mass is 16.5. The molecule has 4 rings (SSSR count). The lowest BCUT2D eigenvalue weighted by Gasteiger charge is -2.28. The maximum Gasteiger partial charge on any atom is 0.272 e. The lowest BCUT2D eigenvalue weighted by atomic mass is 10.1. The van der Waals surface area contributed by atoms with Crippen LogP contribution in [0.1, 0.15) is 29.6 Å². The van der Waals surface area contributed by atoms with Crippen molar-refractivity contribution in [3.63, 3.8) is 0 Å². The fourth-order valence-corrected chi connectivity index (χ4v) is 3.32. The fourth-order valence-electron chi connectivity index (χ4n) is 3.32. The number of piperidine rings is 1. The molecule has 0 saturated carbocycles. The van der Waals surface area contributed by atoms with Gasteiger partial charge in [-0.2, -0.15) is 0 Å². The first-order chi connectivity index (χ1) is 13.6. The zero-order valence-electron chi connectivity index (χ0n) is 15.3. The number of hydrogen-bond donors (Lipinski definition) is 2. The van der Waals surface area contributed by atoms with Crippen molar-refractivity contribution in [3.05, 3.63) is 52.6 Å². The Hall–Kier alpha value is -3.62. The number of fused-ring (bicyclic) bond motifs is 1. The number of anilines is 2. The van der Waals surface area contributed by atoms with Crippen LogP contribution in [0.5, 0.6) is 5.75 Å². The summed E-state index contributed by atoms with van der Waals surface area (Å²) >= 11 is 0. The lowest BCUT2D eigenvalue weighted by Crippen LogP contribution is -2.35. The Balaban J connectivity index is 1.65. The molecule has 3 aromatic rings. The number of carbonyl (C=O) groups is 2. The summed E-state index contributed by atoms with van der Waals surface area (Å²) in [5, 5.41) is 5.51. The third-order valence-corrected chi connectivity index (χ3v) is 4.72. The second-order valence-corrected chi connectivity index (χ2v) is 6.47. The summed E-state index contributed by atoms with van der Waals surface area (Å²) in [5.41, 5.74) is 1.31. The number of amides is 2. The van der Waals surface area contributed by atoms with E-state index in [1.807, 2.05) is 0 Å². The normalized spacial score (nSPS) is 14.3. The highest BCUT2D eigenvalue weighted by Crippen LogP contribution is 2.33. The van der Waals surface area contributed by atoms with Crippen LogP contribution in [0.2, 0.25) is 0 Å². The largest absolute Gasteiger partial charge is 0.495 e. The van der Waals surface area contributed by atoms with Crippen LogP contribution in [-0.2, 0) is 4.79 Å². The molecule has 144 valence electrons. The van der Waals surface area contributed by atoms with Crippen molar-refractivity contribution in [2.45, 2.75) is 19.3 Å². The van der Waals surface area contributed by atoms with Crippen LogP contribution >= 0.6 is 0 Å². The molecule has 2 amide bonds. The minimum absolute atomic E-state index is 0.0354. The third kappa shape index (κ3) is 3.11. The van der Waals surface area contributed by atoms with E-state index >= 15 is 0 Å². The third-order valence-electron chi connectivity index (χ3n) is 4.72. The molecule has 3 heterocycles. The molecule has 1 aliphatic heterocycles. The van der Waals surface area contributed by atoms with Gasteiger partial charge in [-0.1, -0.05) is 0 Å². The van der Waals surface area contributed by atoms with E-state index in [1.165, 1.54) is 23.0 Å². The molecule has 0 radical (unpaired) electrons. The minimum atomic E-state index is -0.419. The Morgan fingerprint density at radius 1 is 1.25 bits per heavy atom. The zero-order valence-corrected chi connectivity index (χ0v) is 15.3. The second-order valence-electron chi connectivity index (χ2n) is 6.47. The molecule has 1 saturated heterocycles. The molecule has 1 fully saturated rings. The van der Waals surface area contributed by atoms with E-state index in [9.17, 15) is 14.4 Å². The molecule has 0 atom stereocenters. The molecule has 0 aliphatic carbocycles. The quantitative estimate of drug-likeness (QED) is 0.716. The van der Waals surface area contributed by atoms with E-state index in [2.05, 4.69) is 15.4 Å². The number of hydrogen-bond acceptors (Lipinski definition) is 5. The van der Waals surface area contributed by atoms with Crippen LogP contribution in [0.25, 0.3) is 5.65 Å². The molecule has 0 bridgehead atoms. The topological polar surface area (TPSA) is 109 Å². The van der Waals surface area contributed by atoms with Crippen molar-refractivity contribution in [1.82, 2.24) is 14.6 Å². The molecule has 2 N–H and O–H groups in total. The molecule has 9 nitrogen and oxygen atoms in total. The molecule has 28 heavy (non-hydrogen) atoms. The van der Waals surface area contributed by atoms with E-state index in [4.69, 9.17) is 4.74 Å². The van der Waals surface area contributed by atoms with Crippen LogP contribution in [0.15, 0.2) is 41.5 Å². The van der Waals surface area contributed by atoms with Gasteiger partial charge in [0.25, 0.3) is 11.5 Å². The first-order valence-electron chi connectivity index (χ1n) is 8.93. The predicted octanol–water partition coefficient (Wildman–Crippen LogP) is 1.80. The minimum Gasteiger partial charge on any atom is -0.495 e. The van der Waals surface area contributed by atoms with Crippen LogP contribution < -0.4 is 20.5 Å². The van der Waals surface area contributed by atoms with Crippen LogP contribution in [0, 0.1) is 0 Å². The fraction of sp³-hybridized carbons (Fsp3) is 0.263. The van der Waals surface area contributed by atoms with Crippen LogP contribution in [0.4, 0.5) is 11.4 Å².